The summed E-state index contributed by atoms with van der Waals surface area (Å²) >= 11 is 1.33. The zero-order valence-electron chi connectivity index (χ0n) is 81.9. The molecule has 2 aromatic carbocycles. The van der Waals surface area contributed by atoms with E-state index < -0.39 is 246 Å². The molecule has 0 radical (unpaired) electrons. The molecule has 7 rings (SSSR count). The second-order valence-electron chi connectivity index (χ2n) is 37.1. The number of thioether (sulfide) groups is 1. The molecule has 0 bridgehead atoms. The number of hydrogen-bond acceptors (Lipinski definition) is 26. The second-order valence-corrected chi connectivity index (χ2v) is 40.7. The summed E-state index contributed by atoms with van der Waals surface area (Å²) in [4.78, 5) is 283. The fourth-order valence-corrected chi connectivity index (χ4v) is 20.3. The van der Waals surface area contributed by atoms with Gasteiger partial charge in [-0.15, -0.1) is 0 Å². The number of carboxylic acid groups (broad SMARTS) is 1. The first-order valence-corrected chi connectivity index (χ1v) is 52.7. The van der Waals surface area contributed by atoms with Crippen molar-refractivity contribution in [2.45, 2.75) is 312 Å². The number of rotatable bonds is 40. The van der Waals surface area contributed by atoms with Crippen LogP contribution in [0.2, 0.25) is 0 Å². The van der Waals surface area contributed by atoms with Crippen molar-refractivity contribution in [2.24, 2.45) is 34.8 Å². The van der Waals surface area contributed by atoms with Crippen LogP contribution in [-0.2, 0) is 110 Å². The summed E-state index contributed by atoms with van der Waals surface area (Å²) in [6, 6.07) is -8.89. The molecule has 4 fully saturated rings. The van der Waals surface area contributed by atoms with Crippen molar-refractivity contribution >= 4 is 152 Å². The number of primary amides is 1. The summed E-state index contributed by atoms with van der Waals surface area (Å²) in [6.07, 6.45) is 3.39. The van der Waals surface area contributed by atoms with Gasteiger partial charge in [0.05, 0.1) is 6.61 Å². The molecular formula is C94H147N23O21S3. The summed E-state index contributed by atoms with van der Waals surface area (Å²) in [5.74, 6) is -17.7. The molecule has 3 unspecified atom stereocenters. The van der Waals surface area contributed by atoms with E-state index in [-0.39, 0.29) is 166 Å². The molecule has 25 N–H and O–H groups in total. The Kier molecular flexibility index (Phi) is 49.2. The van der Waals surface area contributed by atoms with Crippen molar-refractivity contribution in [1.82, 2.24) is 94.0 Å². The van der Waals surface area contributed by atoms with E-state index in [0.717, 1.165) is 21.6 Å². The molecule has 5 heterocycles. The van der Waals surface area contributed by atoms with Crippen molar-refractivity contribution in [2.75, 3.05) is 69.4 Å². The van der Waals surface area contributed by atoms with E-state index >= 15 is 43.2 Å². The van der Waals surface area contributed by atoms with Crippen molar-refractivity contribution in [3.05, 3.63) is 71.3 Å². The van der Waals surface area contributed by atoms with E-state index in [4.69, 9.17) is 28.3 Å². The number of amides is 18. The first-order valence-electron chi connectivity index (χ1n) is 48.8. The Morgan fingerprint density at radius 1 is 0.560 bits per heavy atom. The zero-order chi connectivity index (χ0) is 104. The number of nitrogens with one attached hydrogen (secondary N) is 15. The van der Waals surface area contributed by atoms with Crippen LogP contribution in [0, 0.1) is 17.2 Å². The number of benzene rings is 2. The van der Waals surface area contributed by atoms with E-state index in [9.17, 15) is 58.2 Å². The Morgan fingerprint density at radius 2 is 1.13 bits per heavy atom. The Bertz CT molecular complexity index is 4640. The van der Waals surface area contributed by atoms with Gasteiger partial charge in [0.1, 0.15) is 103 Å². The number of nitrogens with two attached hydrogens (primary N) is 4. The monoisotopic (exact) mass is 2030 g/mol. The first kappa shape index (κ1) is 117. The lowest BCUT2D eigenvalue weighted by atomic mass is 9.91. The normalized spacial score (nSPS) is 23.9. The van der Waals surface area contributed by atoms with Crippen LogP contribution in [0.5, 0.6) is 0 Å². The van der Waals surface area contributed by atoms with Gasteiger partial charge in [0.25, 0.3) is 0 Å². The number of aliphatic carboxylic acids is 1. The minimum absolute atomic E-state index is 0.0187. The van der Waals surface area contributed by atoms with Crippen LogP contribution in [0.25, 0.3) is 0 Å². The van der Waals surface area contributed by atoms with E-state index in [0.29, 0.717) is 61.6 Å². The number of nitrogens with zero attached hydrogens (tertiary/aromatic N) is 4. The zero-order valence-corrected chi connectivity index (χ0v) is 84.3. The minimum atomic E-state index is -1.84. The Hall–Kier alpha value is -11.4. The topological polar surface area (TPSA) is 674 Å². The molecule has 4 saturated heterocycles. The fourth-order valence-electron chi connectivity index (χ4n) is 17.6. The average molecular weight is 2030 g/mol. The van der Waals surface area contributed by atoms with Gasteiger partial charge in [0.15, 0.2) is 5.96 Å². The third-order valence-electron chi connectivity index (χ3n) is 25.3. The summed E-state index contributed by atoms with van der Waals surface area (Å²) in [5.41, 5.74) is 25.1. The van der Waals surface area contributed by atoms with Gasteiger partial charge in [-0.05, 0) is 183 Å². The highest BCUT2D eigenvalue weighted by atomic mass is 33.1. The van der Waals surface area contributed by atoms with Gasteiger partial charge in [0.2, 0.25) is 106 Å². The molecule has 47 heteroatoms. The molecule has 5 aliphatic heterocycles. The molecule has 0 aromatic heterocycles. The van der Waals surface area contributed by atoms with E-state index in [2.05, 4.69) is 74.4 Å². The first-order chi connectivity index (χ1) is 67.2. The van der Waals surface area contributed by atoms with E-state index in [1.807, 2.05) is 6.92 Å². The number of carbonyl (C=O) groups is 19. The van der Waals surface area contributed by atoms with Gasteiger partial charge in [-0.2, -0.15) is 11.8 Å². The van der Waals surface area contributed by atoms with Gasteiger partial charge in [-0.3, -0.25) is 96.5 Å². The number of carbonyl (C=O) groups excluding carboxylic acids is 18. The van der Waals surface area contributed by atoms with Crippen LogP contribution >= 0.6 is 33.3 Å². The number of carboxylic acids is 1. The number of guanidine groups is 1. The minimum Gasteiger partial charge on any atom is -0.481 e. The third-order valence-corrected chi connectivity index (χ3v) is 28.4. The smallest absolute Gasteiger partial charge is 0.303 e. The maximum atomic E-state index is 15.9. The molecule has 44 nitrogen and oxygen atoms in total. The number of unbranched alkanes of at least 4 members (excludes halogenated alkanes) is 3. The molecule has 0 spiro atoms. The lowest BCUT2D eigenvalue weighted by Crippen LogP contribution is -2.62. The summed E-state index contributed by atoms with van der Waals surface area (Å²) < 4.78 is 0. The molecule has 0 saturated carbocycles. The highest BCUT2D eigenvalue weighted by Gasteiger charge is 2.48. The predicted molar refractivity (Wildman–Crippen MR) is 530 cm³/mol. The summed E-state index contributed by atoms with van der Waals surface area (Å²) in [6.45, 7) is 10.7. The van der Waals surface area contributed by atoms with Crippen LogP contribution in [0.15, 0.2) is 54.6 Å². The van der Waals surface area contributed by atoms with E-state index in [1.54, 1.807) is 88.5 Å². The predicted octanol–water partition coefficient (Wildman–Crippen LogP) is -2.21. The molecule has 141 heavy (non-hydrogen) atoms. The number of likely N-dealkylation sites (tertiary alicyclic amines) is 2. The maximum absolute atomic E-state index is 15.9. The summed E-state index contributed by atoms with van der Waals surface area (Å²) in [5, 5.41) is 66.3. The second kappa shape index (κ2) is 59.5. The molecule has 17 atom stereocenters. The maximum Gasteiger partial charge on any atom is 0.303 e. The lowest BCUT2D eigenvalue weighted by Gasteiger charge is -2.40. The van der Waals surface area contributed by atoms with Gasteiger partial charge >= 0.3 is 5.97 Å². The van der Waals surface area contributed by atoms with Crippen molar-refractivity contribution in [3.63, 3.8) is 0 Å². The van der Waals surface area contributed by atoms with Gasteiger partial charge in [-0.25, -0.2) is 0 Å². The largest absolute Gasteiger partial charge is 0.481 e. The van der Waals surface area contributed by atoms with Crippen LogP contribution in [-0.4, -0.2) is 320 Å². The Balaban J connectivity index is 1.35. The highest BCUT2D eigenvalue weighted by Crippen LogP contribution is 2.32. The molecular weight excluding hydrogens is 1880 g/mol. The number of aliphatic hydroxyl groups is 1. The van der Waals surface area contributed by atoms with Crippen molar-refractivity contribution in [3.8, 4) is 0 Å². The number of hydrogen-bond donors (Lipinski definition) is 21. The lowest BCUT2D eigenvalue weighted by molar-refractivity contribution is -0.151. The standard InChI is InChI=1S/C94H147N23O21S3/c1-9-10-28-65-90(135)114-42-21-32-71(114)87(132)101-55(6)78(123)112-69(51-118)85(130)111-68(48-57-24-12-11-13-25-57)84(129)113-70(86(131)109-66(30-17-19-40-96)91(136)117-50-59-27-15-14-26-58(59)49-74(117)92(137)115-43-22-33-72(115)88(133)103-60(77(97)122)35-36-75(120)121)52-141-140-46-38-64(106-81(126)63(37-45-139-8)107-89(134)73-34-23-44-116(73)93(138)76(54(4)5)102-56(7)119)82(127)110-67(47-53(2)3)83(128)105-62(31-20-41-100-94(98)99)79(124)104-61(80(125)108-65)29-16-18-39-95/h11-15,24-27,53-55,60-74,76,118H,9-10,16-23,28-52,95-96H2,1-8H3,(H2,97,122)(H,101,132)(H,102,119)(H,103,133)(H,104,124)(H,105,128)(H,106,126)(H,107,134)(H,108,125)(H,109,131)(H,110,127)(H,111,130)(H,112,123)(H,113,129)(H,120,121)(H4,98,99,100)/t55?,60-,61-,62-,63-,64?,65-,66?,67-,68-,69-,70-,71-,72-,73-,74-,76-/m0/s1. The SMILES string of the molecule is CCCC[C@@H]1NC(=O)[C@H](CCCCN)NC(=O)[C@H](CCCNC(=N)N)NC(=O)[C@H](CC(C)C)NC(=O)C(NC(=O)[C@H](CCSC)NC(=O)[C@@H]2CCCN2C(=O)[C@@H](NC(C)=O)C(C)C)CCSSC[C@@H](C(=O)NC(CCCCN)C(=O)N2Cc3ccccc3C[C@H]2C(=O)N2CCC[C@H]2C(=O)N[C@@H](CCC(=O)O)C(N)=O)NC(=O)[C@H](Cc2ccccc2)NC(=O)[C@H](CO)NC(=O)C(C)NC(=O)[C@@H]2CCCN2C1=O. The Morgan fingerprint density at radius 3 is 1.74 bits per heavy atom. The third kappa shape index (κ3) is 36.5. The fraction of sp³-hybridized carbons (Fsp3) is 0.660. The van der Waals surface area contributed by atoms with Gasteiger partial charge < -0.3 is 127 Å². The Labute approximate surface area is 835 Å². The highest BCUT2D eigenvalue weighted by molar-refractivity contribution is 8.76. The van der Waals surface area contributed by atoms with Gasteiger partial charge in [0, 0.05) is 70.4 Å². The van der Waals surface area contributed by atoms with Crippen molar-refractivity contribution in [1.29, 1.82) is 5.41 Å². The van der Waals surface area contributed by atoms with Gasteiger partial charge in [-0.1, -0.05) is 124 Å². The van der Waals surface area contributed by atoms with E-state index in [1.165, 1.54) is 45.2 Å². The number of aliphatic hydroxyl groups excluding tert-OH is 1. The average Bonchev–Trinajstić information content (AvgIpc) is 1.77. The molecule has 18 amide bonds. The molecule has 782 valence electrons. The van der Waals surface area contributed by atoms with Crippen LogP contribution in [0.1, 0.15) is 206 Å². The van der Waals surface area contributed by atoms with Crippen molar-refractivity contribution < 1.29 is 101 Å². The summed E-state index contributed by atoms with van der Waals surface area (Å²) in [7, 11) is 1.96. The van der Waals surface area contributed by atoms with Crippen LogP contribution in [0.4, 0.5) is 0 Å². The molecule has 0 aliphatic carbocycles. The number of fused-ring (bicyclic) bond motifs is 2. The quantitative estimate of drug-likeness (QED) is 0.0146. The van der Waals surface area contributed by atoms with Crippen LogP contribution < -0.4 is 97.4 Å². The molecule has 5 aliphatic rings. The molecule has 2 aromatic rings. The van der Waals surface area contributed by atoms with Crippen LogP contribution in [0.3, 0.4) is 0 Å².